The smallest absolute Gasteiger partial charge is 0.227 e. The van der Waals surface area contributed by atoms with Crippen molar-refractivity contribution in [2.75, 3.05) is 45.8 Å². The number of hydrogen-bond acceptors (Lipinski definition) is 6. The highest BCUT2D eigenvalue weighted by atomic mass is 31.0. The molecule has 4 fully saturated rings. The Morgan fingerprint density at radius 2 is 1.38 bits per heavy atom. The van der Waals surface area contributed by atoms with Gasteiger partial charge in [-0.1, -0.05) is 6.42 Å². The molecule has 0 radical (unpaired) electrons. The number of amides is 1. The highest BCUT2D eigenvalue weighted by Gasteiger charge is 2.43. The van der Waals surface area contributed by atoms with Crippen LogP contribution in [-0.2, 0) is 14.4 Å². The molecule has 0 saturated carbocycles. The van der Waals surface area contributed by atoms with E-state index in [4.69, 9.17) is 0 Å². The molecule has 0 bridgehead atoms. The Morgan fingerprint density at radius 1 is 0.769 bits per heavy atom. The van der Waals surface area contributed by atoms with Crippen molar-refractivity contribution >= 4 is 27.4 Å². The molecule has 0 aromatic rings. The van der Waals surface area contributed by atoms with E-state index in [1.165, 1.54) is 12.5 Å². The predicted octanol–water partition coefficient (Wildman–Crippen LogP) is -0.0848. The molecule has 0 aromatic carbocycles. The van der Waals surface area contributed by atoms with E-state index in [2.05, 4.69) is 5.32 Å². The quantitative estimate of drug-likeness (QED) is 0.421. The van der Waals surface area contributed by atoms with Crippen LogP contribution >= 0.6 is 9.90 Å². The van der Waals surface area contributed by atoms with Crippen LogP contribution in [0.5, 0.6) is 0 Å². The van der Waals surface area contributed by atoms with Gasteiger partial charge in [0.15, 0.2) is 0 Å². The maximum absolute atomic E-state index is 12.4. The average molecular weight is 378 g/mol. The van der Waals surface area contributed by atoms with Crippen LogP contribution in [0.25, 0.3) is 0 Å². The van der Waals surface area contributed by atoms with Gasteiger partial charge in [0.2, 0.25) is 17.5 Å². The summed E-state index contributed by atoms with van der Waals surface area (Å²) < 4.78 is 0. The van der Waals surface area contributed by atoms with E-state index in [-0.39, 0.29) is 27.4 Å². The fourth-order valence-corrected chi connectivity index (χ4v) is 3.18. The van der Waals surface area contributed by atoms with Crippen LogP contribution in [0.1, 0.15) is 25.7 Å². The van der Waals surface area contributed by atoms with Gasteiger partial charge in [-0.3, -0.25) is 14.4 Å². The lowest BCUT2D eigenvalue weighted by atomic mass is 10.0. The number of carbonyl (C=O) groups is 3. The van der Waals surface area contributed by atoms with Crippen molar-refractivity contribution in [1.29, 1.82) is 0 Å². The third-order valence-electron chi connectivity index (χ3n) is 4.89. The zero-order valence-corrected chi connectivity index (χ0v) is 16.5. The van der Waals surface area contributed by atoms with Crippen LogP contribution in [0.2, 0.25) is 0 Å². The topological polar surface area (TPSA) is 72.3 Å². The largest absolute Gasteiger partial charge is 0.365 e. The maximum Gasteiger partial charge on any atom is 0.227 e. The number of allylic oxidation sites excluding steroid dienone is 1. The molecule has 5 aliphatic rings. The molecule has 0 aromatic heterocycles. The molecule has 5 rings (SSSR count). The van der Waals surface area contributed by atoms with Gasteiger partial charge in [0.05, 0.1) is 5.70 Å². The molecule has 1 N–H and O–H groups in total. The van der Waals surface area contributed by atoms with Gasteiger partial charge in [-0.2, -0.15) is 9.90 Å². The molecular weight excluding hydrogens is 351 g/mol. The normalized spacial score (nSPS) is 24.1. The minimum atomic E-state index is 0. The lowest BCUT2D eigenvalue weighted by Crippen LogP contribution is -2.29. The number of ketones is 2. The Bertz CT molecular complexity index is 666. The fourth-order valence-electron chi connectivity index (χ4n) is 3.18. The molecule has 26 heavy (non-hydrogen) atoms. The molecule has 4 saturated heterocycles. The minimum absolute atomic E-state index is 0. The number of rotatable bonds is 3. The van der Waals surface area contributed by atoms with Crippen LogP contribution in [0.15, 0.2) is 23.2 Å². The molecular formula is C18H27N4O3P. The number of carbonyl (C=O) groups excluding carboxylic acids is 3. The molecule has 1 unspecified atom stereocenters. The lowest BCUT2D eigenvalue weighted by molar-refractivity contribution is -0.120. The summed E-state index contributed by atoms with van der Waals surface area (Å²) in [6.45, 7) is 6.29. The minimum Gasteiger partial charge on any atom is -0.365 e. The molecule has 0 spiro atoms. The van der Waals surface area contributed by atoms with Crippen LogP contribution in [0, 0.1) is 0 Å². The standard InChI is InChI=1S/C12H13N3O2.C6H11NO.H3P/c16-9-7-8(13-1-2-13)12(17)11(15-5-6-15)10(9)14-3-4-14;8-6-4-2-1-3-5-7-6;/h7H,1-6H2;1-5H2,(H,7,8);1H3. The van der Waals surface area contributed by atoms with Gasteiger partial charge < -0.3 is 20.0 Å². The number of hydrogen-bond donors (Lipinski definition) is 1. The van der Waals surface area contributed by atoms with Crippen molar-refractivity contribution in [3.8, 4) is 0 Å². The molecule has 7 nitrogen and oxygen atoms in total. The highest BCUT2D eigenvalue weighted by molar-refractivity contribution is 6.92. The van der Waals surface area contributed by atoms with Crippen molar-refractivity contribution in [3.05, 3.63) is 23.2 Å². The molecule has 1 aliphatic carbocycles. The second-order valence-electron chi connectivity index (χ2n) is 7.04. The van der Waals surface area contributed by atoms with E-state index in [0.717, 1.165) is 65.1 Å². The van der Waals surface area contributed by atoms with E-state index < -0.39 is 0 Å². The first-order chi connectivity index (χ1) is 12.1. The third kappa shape index (κ3) is 4.26. The first kappa shape index (κ1) is 18.9. The van der Waals surface area contributed by atoms with Crippen LogP contribution in [-0.4, -0.2) is 78.0 Å². The summed E-state index contributed by atoms with van der Waals surface area (Å²) in [6, 6.07) is 0. The zero-order valence-electron chi connectivity index (χ0n) is 15.1. The highest BCUT2D eigenvalue weighted by Crippen LogP contribution is 2.33. The van der Waals surface area contributed by atoms with Crippen LogP contribution < -0.4 is 5.32 Å². The van der Waals surface area contributed by atoms with Crippen molar-refractivity contribution in [3.63, 3.8) is 0 Å². The Balaban J connectivity index is 0.000000187. The zero-order chi connectivity index (χ0) is 17.4. The number of Topliss-reactive ketones (excluding diaryl/α,β-unsaturated/α-hetero) is 1. The van der Waals surface area contributed by atoms with Crippen LogP contribution in [0.4, 0.5) is 0 Å². The van der Waals surface area contributed by atoms with Crippen molar-refractivity contribution in [1.82, 2.24) is 20.0 Å². The summed E-state index contributed by atoms with van der Waals surface area (Å²) >= 11 is 0. The maximum atomic E-state index is 12.4. The molecule has 1 amide bonds. The first-order valence-electron chi connectivity index (χ1n) is 9.22. The van der Waals surface area contributed by atoms with Crippen molar-refractivity contribution < 1.29 is 14.4 Å². The molecule has 4 aliphatic heterocycles. The number of nitrogens with one attached hydrogen (secondary N) is 1. The molecule has 8 heteroatoms. The monoisotopic (exact) mass is 378 g/mol. The average Bonchev–Trinajstić information content (AvgIpc) is 3.44. The second kappa shape index (κ2) is 7.78. The Morgan fingerprint density at radius 3 is 2.00 bits per heavy atom. The van der Waals surface area contributed by atoms with Gasteiger partial charge >= 0.3 is 0 Å². The molecule has 4 heterocycles. The van der Waals surface area contributed by atoms with Gasteiger partial charge in [-0.05, 0) is 12.8 Å². The predicted molar refractivity (Wildman–Crippen MR) is 102 cm³/mol. The summed E-state index contributed by atoms with van der Waals surface area (Å²) in [5.41, 5.74) is 1.89. The molecule has 142 valence electrons. The van der Waals surface area contributed by atoms with E-state index in [9.17, 15) is 14.4 Å². The van der Waals surface area contributed by atoms with E-state index in [1.54, 1.807) is 0 Å². The Kier molecular flexibility index (Phi) is 5.66. The summed E-state index contributed by atoms with van der Waals surface area (Å²) in [4.78, 5) is 41.0. The summed E-state index contributed by atoms with van der Waals surface area (Å²) in [5.74, 6) is 0.273. The lowest BCUT2D eigenvalue weighted by Gasteiger charge is -2.21. The first-order valence-corrected chi connectivity index (χ1v) is 9.22. The third-order valence-corrected chi connectivity index (χ3v) is 4.89. The Hall–Kier alpha value is -1.88. The van der Waals surface area contributed by atoms with Crippen molar-refractivity contribution in [2.24, 2.45) is 0 Å². The van der Waals surface area contributed by atoms with E-state index >= 15 is 0 Å². The van der Waals surface area contributed by atoms with Gasteiger partial charge in [0, 0.05) is 58.3 Å². The number of nitrogens with zero attached hydrogens (tertiary/aromatic N) is 3. The Labute approximate surface area is 157 Å². The van der Waals surface area contributed by atoms with Gasteiger partial charge in [0.1, 0.15) is 11.4 Å². The summed E-state index contributed by atoms with van der Waals surface area (Å²) in [7, 11) is 0. The van der Waals surface area contributed by atoms with Gasteiger partial charge in [0.25, 0.3) is 0 Å². The summed E-state index contributed by atoms with van der Waals surface area (Å²) in [6.07, 6.45) is 5.70. The molecule has 1 atom stereocenters. The fraction of sp³-hybridized carbons (Fsp3) is 0.611. The second-order valence-corrected chi connectivity index (χ2v) is 7.04. The SMILES string of the molecule is O=C1C=C(N2CC2)C(=O)C(N2CC2)=C1N1CC1.O=C1CCCCCN1.P. The van der Waals surface area contributed by atoms with Crippen LogP contribution in [0.3, 0.4) is 0 Å². The van der Waals surface area contributed by atoms with E-state index in [1.807, 2.05) is 14.7 Å². The van der Waals surface area contributed by atoms with Gasteiger partial charge in [-0.15, -0.1) is 0 Å². The summed E-state index contributed by atoms with van der Waals surface area (Å²) in [5, 5.41) is 2.81. The van der Waals surface area contributed by atoms with Crippen molar-refractivity contribution in [2.45, 2.75) is 25.7 Å². The van der Waals surface area contributed by atoms with E-state index in [0.29, 0.717) is 17.1 Å². The van der Waals surface area contributed by atoms with Gasteiger partial charge in [-0.25, -0.2) is 0 Å².